The molecule has 274 valence electrons. The second-order valence-corrected chi connectivity index (χ2v) is 19.9. The second kappa shape index (κ2) is 12.1. The number of carbonyl (C=O) groups is 1. The molecule has 5 nitrogen and oxygen atoms in total. The summed E-state index contributed by atoms with van der Waals surface area (Å²) in [6, 6.07) is 19.6. The van der Waals surface area contributed by atoms with Crippen LogP contribution in [0, 0.1) is 51.2 Å². The standard InChI is InChI=1S/C45H59NO4S/c1-8-35(47)46-25-33(38-28(19-18-26-14-10-9-11-15-26)27-16-12-13-17-34(27)51-38)49-41-37(36-31-21-23-45(7,40(36)50-41)43(31,4)5)32-24-29-30-20-22-44(6,39(29)48-32)42(30,2)3/h9-17,29-33,36-37,39-41H,8,18-25H2,1-7H3,(H,46,47)/t29-,30+,31+,32?,33-,36+,37?,39-,40-,41-,44-,45-/m0/s1. The van der Waals surface area contributed by atoms with Crippen molar-refractivity contribution in [3.63, 3.8) is 0 Å². The van der Waals surface area contributed by atoms with Crippen molar-refractivity contribution in [2.45, 2.75) is 131 Å². The molecule has 51 heavy (non-hydrogen) atoms. The van der Waals surface area contributed by atoms with Gasteiger partial charge in [-0.15, -0.1) is 11.3 Å². The predicted octanol–water partition coefficient (Wildman–Crippen LogP) is 9.91. The molecule has 6 aliphatic rings. The number of carbonyl (C=O) groups excluding carboxylic acids is 1. The van der Waals surface area contributed by atoms with E-state index in [-0.39, 0.29) is 52.7 Å². The van der Waals surface area contributed by atoms with E-state index in [1.165, 1.54) is 51.8 Å². The number of amides is 1. The maximum Gasteiger partial charge on any atom is 0.219 e. The van der Waals surface area contributed by atoms with Crippen molar-refractivity contribution in [3.8, 4) is 0 Å². The van der Waals surface area contributed by atoms with E-state index in [1.54, 1.807) is 0 Å². The molecule has 0 radical (unpaired) electrons. The molecule has 6 fully saturated rings. The Morgan fingerprint density at radius 2 is 1.55 bits per heavy atom. The van der Waals surface area contributed by atoms with E-state index >= 15 is 0 Å². The fourth-order valence-electron chi connectivity index (χ4n) is 13.1. The molecule has 3 heterocycles. The number of hydrogen-bond acceptors (Lipinski definition) is 5. The van der Waals surface area contributed by atoms with E-state index in [4.69, 9.17) is 14.2 Å². The fourth-order valence-corrected chi connectivity index (χ4v) is 14.4. The van der Waals surface area contributed by atoms with Gasteiger partial charge < -0.3 is 19.5 Å². The van der Waals surface area contributed by atoms with E-state index in [0.29, 0.717) is 42.2 Å². The molecule has 4 aliphatic carbocycles. The summed E-state index contributed by atoms with van der Waals surface area (Å²) >= 11 is 1.84. The van der Waals surface area contributed by atoms with Gasteiger partial charge in [-0.05, 0) is 113 Å². The molecule has 2 aromatic carbocycles. The Morgan fingerprint density at radius 1 is 0.863 bits per heavy atom. The molecule has 2 aliphatic heterocycles. The van der Waals surface area contributed by atoms with E-state index in [1.807, 2.05) is 18.3 Å². The van der Waals surface area contributed by atoms with Gasteiger partial charge in [0.2, 0.25) is 5.91 Å². The smallest absolute Gasteiger partial charge is 0.219 e. The van der Waals surface area contributed by atoms with Crippen LogP contribution in [0.5, 0.6) is 0 Å². The van der Waals surface area contributed by atoms with E-state index in [2.05, 4.69) is 101 Å². The SMILES string of the molecule is CCC(=O)NC[C@H](O[C@H]1O[C@H]2[C@@H](C1C1C[C@H]3[C@H]4CC[C@@](C)([C@H]3O1)C4(C)C)[C@H]1CC[C@]2(C)C1(C)C)c1sc2ccccc2c1CCc1ccccc1. The summed E-state index contributed by atoms with van der Waals surface area (Å²) in [4.78, 5) is 14.1. The first-order chi connectivity index (χ1) is 24.4. The molecule has 1 aromatic heterocycles. The van der Waals surface area contributed by atoms with Crippen molar-refractivity contribution >= 4 is 27.3 Å². The molecule has 2 saturated heterocycles. The number of benzene rings is 2. The van der Waals surface area contributed by atoms with Gasteiger partial charge in [0.15, 0.2) is 6.29 Å². The maximum absolute atomic E-state index is 12.8. The van der Waals surface area contributed by atoms with Gasteiger partial charge in [0.05, 0.1) is 18.3 Å². The zero-order chi connectivity index (χ0) is 35.5. The number of ether oxygens (including phenoxy) is 3. The highest BCUT2D eigenvalue weighted by molar-refractivity contribution is 7.19. The molecule has 1 N–H and O–H groups in total. The van der Waals surface area contributed by atoms with Gasteiger partial charge in [0.25, 0.3) is 0 Å². The summed E-state index contributed by atoms with van der Waals surface area (Å²) in [6.07, 6.45) is 8.50. The van der Waals surface area contributed by atoms with Crippen LogP contribution in [0.3, 0.4) is 0 Å². The van der Waals surface area contributed by atoms with E-state index in [0.717, 1.165) is 25.2 Å². The number of rotatable bonds is 10. The Labute approximate surface area is 309 Å². The average Bonchev–Trinajstić information content (AvgIpc) is 3.94. The second-order valence-electron chi connectivity index (χ2n) is 18.9. The topological polar surface area (TPSA) is 56.8 Å². The van der Waals surface area contributed by atoms with Crippen LogP contribution in [-0.2, 0) is 31.8 Å². The molecule has 2 unspecified atom stereocenters. The molecule has 3 aromatic rings. The Morgan fingerprint density at radius 3 is 2.29 bits per heavy atom. The maximum atomic E-state index is 12.8. The van der Waals surface area contributed by atoms with Crippen molar-refractivity contribution in [2.75, 3.05) is 6.54 Å². The van der Waals surface area contributed by atoms with E-state index < -0.39 is 0 Å². The van der Waals surface area contributed by atoms with Crippen LogP contribution in [-0.4, -0.2) is 37.1 Å². The van der Waals surface area contributed by atoms with Gasteiger partial charge in [-0.3, -0.25) is 4.79 Å². The van der Waals surface area contributed by atoms with Gasteiger partial charge in [-0.25, -0.2) is 0 Å². The summed E-state index contributed by atoms with van der Waals surface area (Å²) in [7, 11) is 0. The van der Waals surface area contributed by atoms with Crippen molar-refractivity contribution in [3.05, 3.63) is 70.6 Å². The summed E-state index contributed by atoms with van der Waals surface area (Å²) in [5.41, 5.74) is 3.56. The fraction of sp³-hybridized carbons (Fsp3) is 0.667. The molecule has 12 atom stereocenters. The lowest BCUT2D eigenvalue weighted by Gasteiger charge is -2.41. The molecular formula is C45H59NO4S. The normalized spacial score (nSPS) is 40.2. The zero-order valence-electron chi connectivity index (χ0n) is 31.9. The van der Waals surface area contributed by atoms with Crippen LogP contribution < -0.4 is 5.32 Å². The van der Waals surface area contributed by atoms with Gasteiger partial charge in [0, 0.05) is 28.5 Å². The lowest BCUT2D eigenvalue weighted by molar-refractivity contribution is -0.212. The quantitative estimate of drug-likeness (QED) is 0.228. The summed E-state index contributed by atoms with van der Waals surface area (Å²) in [5, 5.41) is 4.56. The van der Waals surface area contributed by atoms with Gasteiger partial charge in [-0.1, -0.05) is 97.0 Å². The molecule has 1 amide bonds. The zero-order valence-corrected chi connectivity index (χ0v) is 32.7. The van der Waals surface area contributed by atoms with Gasteiger partial charge in [-0.2, -0.15) is 0 Å². The van der Waals surface area contributed by atoms with Crippen LogP contribution in [0.25, 0.3) is 10.1 Å². The summed E-state index contributed by atoms with van der Waals surface area (Å²) in [6.45, 7) is 17.4. The van der Waals surface area contributed by atoms with Crippen molar-refractivity contribution in [1.82, 2.24) is 5.32 Å². The Kier molecular flexibility index (Phi) is 8.21. The first-order valence-electron chi connectivity index (χ1n) is 20.2. The van der Waals surface area contributed by atoms with Crippen LogP contribution >= 0.6 is 11.3 Å². The molecule has 9 rings (SSSR count). The third-order valence-corrected chi connectivity index (χ3v) is 18.0. The Balaban J connectivity index is 1.08. The minimum atomic E-state index is -0.367. The molecule has 4 bridgehead atoms. The highest BCUT2D eigenvalue weighted by Crippen LogP contribution is 2.75. The van der Waals surface area contributed by atoms with Crippen LogP contribution in [0.2, 0.25) is 0 Å². The Bertz CT molecular complexity index is 1800. The van der Waals surface area contributed by atoms with Crippen molar-refractivity contribution < 1.29 is 19.0 Å². The summed E-state index contributed by atoms with van der Waals surface area (Å²) in [5.74, 6) is 2.62. The summed E-state index contributed by atoms with van der Waals surface area (Å²) < 4.78 is 23.5. The first kappa shape index (κ1) is 34.5. The predicted molar refractivity (Wildman–Crippen MR) is 204 cm³/mol. The molecule has 0 spiro atoms. The third kappa shape index (κ3) is 4.90. The lowest BCUT2D eigenvalue weighted by atomic mass is 9.70. The highest BCUT2D eigenvalue weighted by atomic mass is 32.1. The number of aryl methyl sites for hydroxylation is 2. The number of fused-ring (bicyclic) bond motifs is 11. The average molecular weight is 710 g/mol. The monoisotopic (exact) mass is 709 g/mol. The highest BCUT2D eigenvalue weighted by Gasteiger charge is 2.75. The van der Waals surface area contributed by atoms with E-state index in [9.17, 15) is 4.79 Å². The molecular weight excluding hydrogens is 651 g/mol. The van der Waals surface area contributed by atoms with Crippen LogP contribution in [0.4, 0.5) is 0 Å². The molecule has 6 heteroatoms. The number of nitrogens with one attached hydrogen (secondary N) is 1. The minimum absolute atomic E-state index is 0.0573. The Hall–Kier alpha value is -2.25. The van der Waals surface area contributed by atoms with Gasteiger partial charge in [0.1, 0.15) is 6.10 Å². The molecule has 4 saturated carbocycles. The minimum Gasteiger partial charge on any atom is -0.374 e. The van der Waals surface area contributed by atoms with Crippen molar-refractivity contribution in [2.24, 2.45) is 51.2 Å². The third-order valence-electron chi connectivity index (χ3n) is 16.7. The van der Waals surface area contributed by atoms with Crippen LogP contribution in [0.1, 0.15) is 109 Å². The van der Waals surface area contributed by atoms with Gasteiger partial charge >= 0.3 is 0 Å². The number of thiophene rings is 1. The first-order valence-corrected chi connectivity index (χ1v) is 21.0. The largest absolute Gasteiger partial charge is 0.374 e. The lowest BCUT2D eigenvalue weighted by Crippen LogP contribution is -2.42. The number of hydrogen-bond donors (Lipinski definition) is 1. The van der Waals surface area contributed by atoms with Crippen LogP contribution in [0.15, 0.2) is 54.6 Å². The van der Waals surface area contributed by atoms with Crippen molar-refractivity contribution in [1.29, 1.82) is 0 Å².